The highest BCUT2D eigenvalue weighted by Gasteiger charge is 2.22. The second-order valence-electron chi connectivity index (χ2n) is 2.95. The van der Waals surface area contributed by atoms with Crippen molar-refractivity contribution in [1.82, 2.24) is 14.9 Å². The number of H-pyrrole nitrogens is 1. The van der Waals surface area contributed by atoms with Crippen LogP contribution in [0, 0.1) is 0 Å². The minimum atomic E-state index is -0.249. The van der Waals surface area contributed by atoms with Crippen LogP contribution in [0.25, 0.3) is 0 Å². The van der Waals surface area contributed by atoms with E-state index < -0.39 is 0 Å². The summed E-state index contributed by atoms with van der Waals surface area (Å²) in [4.78, 5) is 30.4. The van der Waals surface area contributed by atoms with E-state index in [0.29, 0.717) is 13.0 Å². The molecule has 72 valence electrons. The van der Waals surface area contributed by atoms with Gasteiger partial charge in [0.05, 0.1) is 0 Å². The van der Waals surface area contributed by atoms with E-state index in [4.69, 9.17) is 0 Å². The van der Waals surface area contributed by atoms with Gasteiger partial charge in [-0.2, -0.15) is 0 Å². The highest BCUT2D eigenvalue weighted by molar-refractivity contribution is 6.12. The molecule has 0 unspecified atom stereocenters. The van der Waals surface area contributed by atoms with Crippen LogP contribution in [-0.4, -0.2) is 33.2 Å². The molecule has 2 heterocycles. The van der Waals surface area contributed by atoms with Crippen molar-refractivity contribution in [3.05, 3.63) is 30.4 Å². The van der Waals surface area contributed by atoms with E-state index in [1.165, 1.54) is 17.1 Å². The van der Waals surface area contributed by atoms with E-state index in [1.54, 1.807) is 12.4 Å². The predicted octanol–water partition coefficient (Wildman–Crippen LogP) is -0.123. The number of aromatic amines is 1. The maximum Gasteiger partial charge on any atom is 0.253 e. The van der Waals surface area contributed by atoms with Crippen LogP contribution in [0.4, 0.5) is 0 Å². The first-order chi connectivity index (χ1) is 6.77. The Labute approximate surface area is 80.4 Å². The van der Waals surface area contributed by atoms with Crippen molar-refractivity contribution in [2.45, 2.75) is 6.42 Å². The Morgan fingerprint density at radius 3 is 2.57 bits per heavy atom. The number of rotatable bonds is 3. The van der Waals surface area contributed by atoms with Gasteiger partial charge in [0.25, 0.3) is 11.8 Å². The maximum atomic E-state index is 11.1. The van der Waals surface area contributed by atoms with E-state index in [-0.39, 0.29) is 11.8 Å². The average Bonchev–Trinajstić information content (AvgIpc) is 2.76. The van der Waals surface area contributed by atoms with Gasteiger partial charge in [-0.15, -0.1) is 0 Å². The van der Waals surface area contributed by atoms with Crippen LogP contribution in [0.3, 0.4) is 0 Å². The molecule has 1 aliphatic rings. The van der Waals surface area contributed by atoms with Crippen molar-refractivity contribution in [3.63, 3.8) is 0 Å². The lowest BCUT2D eigenvalue weighted by Gasteiger charge is -2.11. The molecule has 5 heteroatoms. The maximum absolute atomic E-state index is 11.1. The molecule has 0 fully saturated rings. The monoisotopic (exact) mass is 191 g/mol. The molecule has 0 bridgehead atoms. The number of imidazole rings is 1. The summed E-state index contributed by atoms with van der Waals surface area (Å²) in [5.41, 5.74) is 0. The number of amides is 2. The van der Waals surface area contributed by atoms with Crippen LogP contribution >= 0.6 is 0 Å². The molecule has 1 N–H and O–H groups in total. The fourth-order valence-corrected chi connectivity index (χ4v) is 1.30. The highest BCUT2D eigenvalue weighted by atomic mass is 16.2. The highest BCUT2D eigenvalue weighted by Crippen LogP contribution is 2.04. The lowest BCUT2D eigenvalue weighted by atomic mass is 10.3. The molecule has 0 atom stereocenters. The summed E-state index contributed by atoms with van der Waals surface area (Å²) in [7, 11) is 0. The molecule has 0 radical (unpaired) electrons. The summed E-state index contributed by atoms with van der Waals surface area (Å²) < 4.78 is 0. The van der Waals surface area contributed by atoms with Gasteiger partial charge in [0.2, 0.25) is 0 Å². The third-order valence-electron chi connectivity index (χ3n) is 2.03. The zero-order valence-electron chi connectivity index (χ0n) is 7.43. The van der Waals surface area contributed by atoms with Gasteiger partial charge in [0, 0.05) is 37.5 Å². The Bertz CT molecular complexity index is 363. The van der Waals surface area contributed by atoms with Gasteiger partial charge in [0.15, 0.2) is 0 Å². The predicted molar refractivity (Wildman–Crippen MR) is 48.2 cm³/mol. The van der Waals surface area contributed by atoms with Crippen LogP contribution in [-0.2, 0) is 16.0 Å². The first kappa shape index (κ1) is 8.68. The van der Waals surface area contributed by atoms with E-state index >= 15 is 0 Å². The second-order valence-corrected chi connectivity index (χ2v) is 2.95. The Kier molecular flexibility index (Phi) is 2.14. The van der Waals surface area contributed by atoms with Gasteiger partial charge in [-0.05, 0) is 0 Å². The largest absolute Gasteiger partial charge is 0.349 e. The van der Waals surface area contributed by atoms with Crippen molar-refractivity contribution in [2.75, 3.05) is 6.54 Å². The molecule has 0 spiro atoms. The molecular weight excluding hydrogens is 182 g/mol. The van der Waals surface area contributed by atoms with Gasteiger partial charge in [-0.1, -0.05) is 0 Å². The first-order valence-electron chi connectivity index (χ1n) is 4.29. The normalized spacial score (nSPS) is 15.6. The SMILES string of the molecule is O=C1C=CC(=O)N1CCc1ncc[nH]1. The smallest absolute Gasteiger partial charge is 0.253 e. The molecule has 2 amide bonds. The van der Waals surface area contributed by atoms with Gasteiger partial charge in [-0.25, -0.2) is 4.98 Å². The number of nitrogens with one attached hydrogen (secondary N) is 1. The van der Waals surface area contributed by atoms with Gasteiger partial charge in [0.1, 0.15) is 5.82 Å². The van der Waals surface area contributed by atoms with Crippen molar-refractivity contribution in [2.24, 2.45) is 0 Å². The molecule has 2 rings (SSSR count). The first-order valence-corrected chi connectivity index (χ1v) is 4.29. The second kappa shape index (κ2) is 3.45. The van der Waals surface area contributed by atoms with E-state index in [2.05, 4.69) is 9.97 Å². The van der Waals surface area contributed by atoms with E-state index in [9.17, 15) is 9.59 Å². The Balaban J connectivity index is 1.93. The van der Waals surface area contributed by atoms with E-state index in [0.717, 1.165) is 5.82 Å². The average molecular weight is 191 g/mol. The minimum Gasteiger partial charge on any atom is -0.349 e. The zero-order chi connectivity index (χ0) is 9.97. The van der Waals surface area contributed by atoms with Crippen molar-refractivity contribution in [1.29, 1.82) is 0 Å². The summed E-state index contributed by atoms with van der Waals surface area (Å²) in [5, 5.41) is 0. The summed E-state index contributed by atoms with van der Waals surface area (Å²) in [5.74, 6) is 0.278. The molecule has 0 saturated heterocycles. The fraction of sp³-hybridized carbons (Fsp3) is 0.222. The summed E-state index contributed by atoms with van der Waals surface area (Å²) in [6.45, 7) is 0.373. The van der Waals surface area contributed by atoms with Crippen LogP contribution in [0.1, 0.15) is 5.82 Å². The molecule has 1 aromatic rings. The number of imide groups is 1. The molecule has 1 aliphatic heterocycles. The fourth-order valence-electron chi connectivity index (χ4n) is 1.30. The van der Waals surface area contributed by atoms with Crippen molar-refractivity contribution in [3.8, 4) is 0 Å². The number of hydrogen-bond donors (Lipinski definition) is 1. The Hall–Kier alpha value is -1.91. The Morgan fingerprint density at radius 1 is 1.29 bits per heavy atom. The summed E-state index contributed by atoms with van der Waals surface area (Å²) in [6.07, 6.45) is 6.48. The molecule has 0 saturated carbocycles. The molecule has 1 aromatic heterocycles. The van der Waals surface area contributed by atoms with Crippen LogP contribution in [0.15, 0.2) is 24.5 Å². The topological polar surface area (TPSA) is 66.1 Å². The van der Waals surface area contributed by atoms with Crippen molar-refractivity contribution >= 4 is 11.8 Å². The molecule has 14 heavy (non-hydrogen) atoms. The third kappa shape index (κ3) is 1.56. The van der Waals surface area contributed by atoms with Crippen LogP contribution < -0.4 is 0 Å². The van der Waals surface area contributed by atoms with Gasteiger partial charge >= 0.3 is 0 Å². The van der Waals surface area contributed by atoms with Crippen LogP contribution in [0.5, 0.6) is 0 Å². The number of nitrogens with zero attached hydrogens (tertiary/aromatic N) is 2. The Morgan fingerprint density at radius 2 is 2.00 bits per heavy atom. The summed E-state index contributed by atoms with van der Waals surface area (Å²) >= 11 is 0. The lowest BCUT2D eigenvalue weighted by Crippen LogP contribution is -2.32. The molecule has 5 nitrogen and oxygen atoms in total. The minimum absolute atomic E-state index is 0.249. The van der Waals surface area contributed by atoms with Gasteiger partial charge in [-0.3, -0.25) is 14.5 Å². The molecular formula is C9H9N3O2. The lowest BCUT2D eigenvalue weighted by molar-refractivity contribution is -0.136. The van der Waals surface area contributed by atoms with E-state index in [1.807, 2.05) is 0 Å². The van der Waals surface area contributed by atoms with Crippen molar-refractivity contribution < 1.29 is 9.59 Å². The molecule has 0 aromatic carbocycles. The number of carbonyl (C=O) groups is 2. The zero-order valence-corrected chi connectivity index (χ0v) is 7.43. The quantitative estimate of drug-likeness (QED) is 0.677. The number of carbonyl (C=O) groups excluding carboxylic acids is 2. The molecule has 0 aliphatic carbocycles. The van der Waals surface area contributed by atoms with Crippen LogP contribution in [0.2, 0.25) is 0 Å². The standard InChI is InChI=1S/C9H9N3O2/c13-8-1-2-9(14)12(8)6-3-7-10-4-5-11-7/h1-2,4-5H,3,6H2,(H,10,11). The number of hydrogen-bond acceptors (Lipinski definition) is 3. The van der Waals surface area contributed by atoms with Gasteiger partial charge < -0.3 is 4.98 Å². The number of aromatic nitrogens is 2. The third-order valence-corrected chi connectivity index (χ3v) is 2.03. The summed E-state index contributed by atoms with van der Waals surface area (Å²) in [6, 6.07) is 0.